The number of benzene rings is 3. The minimum absolute atomic E-state index is 0.182. The Labute approximate surface area is 214 Å². The Morgan fingerprint density at radius 1 is 0.861 bits per heavy atom. The maximum absolute atomic E-state index is 15.2. The second-order valence-corrected chi connectivity index (χ2v) is 8.71. The van der Waals surface area contributed by atoms with Crippen molar-refractivity contribution >= 4 is 23.2 Å². The van der Waals surface area contributed by atoms with Gasteiger partial charge < -0.3 is 10.5 Å². The molecule has 4 rings (SSSR count). The first-order valence-electron chi connectivity index (χ1n) is 10.8. The summed E-state index contributed by atoms with van der Waals surface area (Å²) in [7, 11) is 1.25. The summed E-state index contributed by atoms with van der Waals surface area (Å²) < 4.78 is 22.3. The number of nitrogens with zero attached hydrogens (tertiary/aromatic N) is 3. The van der Waals surface area contributed by atoms with Crippen LogP contribution in [0.3, 0.4) is 0 Å². The highest BCUT2D eigenvalue weighted by Gasteiger charge is 2.23. The number of rotatable bonds is 7. The van der Waals surface area contributed by atoms with Crippen LogP contribution in [0.25, 0.3) is 5.69 Å². The Morgan fingerprint density at radius 3 is 2.11 bits per heavy atom. The quantitative estimate of drug-likeness (QED) is 0.394. The normalized spacial score (nSPS) is 11.9. The average molecular weight is 531 g/mol. The van der Waals surface area contributed by atoms with Gasteiger partial charge in [0.2, 0.25) is 0 Å². The molecule has 1 atom stereocenters. The van der Waals surface area contributed by atoms with Crippen molar-refractivity contribution in [3.63, 3.8) is 0 Å². The first-order chi connectivity index (χ1) is 17.2. The van der Waals surface area contributed by atoms with E-state index in [0.29, 0.717) is 10.1 Å². The molecule has 0 aliphatic carbocycles. The summed E-state index contributed by atoms with van der Waals surface area (Å²) in [6, 6.07) is 16.8. The fourth-order valence-electron chi connectivity index (χ4n) is 3.80. The van der Waals surface area contributed by atoms with Gasteiger partial charge in [-0.1, -0.05) is 65.7 Å². The van der Waals surface area contributed by atoms with Crippen molar-refractivity contribution in [2.45, 2.75) is 19.1 Å². The predicted octanol–water partition coefficient (Wildman–Crippen LogP) is 3.36. The van der Waals surface area contributed by atoms with Crippen molar-refractivity contribution in [1.82, 2.24) is 13.7 Å². The standard InChI is InChI=1S/C25H21Cl2FN4O4/c1-36-21-12-6-11-20(22(21)28)32-24(34)30(13-16-17(26)9-5-10-18(16)27)23(33)31(25(32)35)14-19(29)15-7-3-2-4-8-15/h2-12,19H,13-14,29H2,1H3/t19-/m0/s1. The number of hydrogen-bond acceptors (Lipinski definition) is 5. The molecule has 0 aliphatic rings. The largest absolute Gasteiger partial charge is 0.494 e. The minimum Gasteiger partial charge on any atom is -0.494 e. The van der Waals surface area contributed by atoms with E-state index in [-0.39, 0.29) is 40.1 Å². The van der Waals surface area contributed by atoms with Gasteiger partial charge in [-0.25, -0.2) is 32.5 Å². The third-order valence-electron chi connectivity index (χ3n) is 5.69. The minimum atomic E-state index is -1.07. The molecule has 8 nitrogen and oxygen atoms in total. The van der Waals surface area contributed by atoms with Crippen molar-refractivity contribution in [2.75, 3.05) is 7.11 Å². The van der Waals surface area contributed by atoms with Crippen LogP contribution in [0.15, 0.2) is 81.1 Å². The van der Waals surface area contributed by atoms with E-state index in [2.05, 4.69) is 0 Å². The van der Waals surface area contributed by atoms with Crippen LogP contribution in [-0.2, 0) is 13.1 Å². The number of hydrogen-bond donors (Lipinski definition) is 1. The van der Waals surface area contributed by atoms with Gasteiger partial charge in [0, 0.05) is 21.7 Å². The molecule has 0 aliphatic heterocycles. The lowest BCUT2D eigenvalue weighted by Crippen LogP contribution is -2.55. The van der Waals surface area contributed by atoms with Crippen LogP contribution in [0.4, 0.5) is 4.39 Å². The topological polar surface area (TPSA) is 101 Å². The first kappa shape index (κ1) is 25.4. The molecule has 11 heteroatoms. The Hall–Kier alpha value is -3.66. The maximum Gasteiger partial charge on any atom is 0.341 e. The summed E-state index contributed by atoms with van der Waals surface area (Å²) in [6.07, 6.45) is 0. The van der Waals surface area contributed by atoms with E-state index in [1.165, 1.54) is 25.3 Å². The van der Waals surface area contributed by atoms with E-state index >= 15 is 4.39 Å². The SMILES string of the molecule is COc1cccc(-n2c(=O)n(Cc3c(Cl)cccc3Cl)c(=O)n(C[C@H](N)c3ccccc3)c2=O)c1F. The third kappa shape index (κ3) is 4.73. The third-order valence-corrected chi connectivity index (χ3v) is 6.40. The highest BCUT2D eigenvalue weighted by Crippen LogP contribution is 2.25. The molecule has 0 saturated carbocycles. The molecule has 0 amide bonds. The van der Waals surface area contributed by atoms with Gasteiger partial charge in [0.05, 0.1) is 25.9 Å². The van der Waals surface area contributed by atoms with Crippen molar-refractivity contribution in [3.8, 4) is 11.4 Å². The molecule has 0 saturated heterocycles. The summed E-state index contributed by atoms with van der Waals surface area (Å²) in [5.74, 6) is -1.13. The molecule has 186 valence electrons. The molecule has 4 aromatic rings. The lowest BCUT2D eigenvalue weighted by Gasteiger charge is -2.18. The Balaban J connectivity index is 1.99. The molecule has 2 N–H and O–H groups in total. The van der Waals surface area contributed by atoms with E-state index in [4.69, 9.17) is 33.7 Å². The van der Waals surface area contributed by atoms with E-state index in [1.54, 1.807) is 48.5 Å². The molecule has 0 radical (unpaired) electrons. The van der Waals surface area contributed by atoms with Crippen LogP contribution in [0.2, 0.25) is 10.0 Å². The van der Waals surface area contributed by atoms with Gasteiger partial charge in [-0.05, 0) is 29.8 Å². The molecule has 0 fully saturated rings. The van der Waals surface area contributed by atoms with Gasteiger partial charge in [0.15, 0.2) is 11.6 Å². The van der Waals surface area contributed by atoms with Crippen LogP contribution in [0, 0.1) is 5.82 Å². The summed E-state index contributed by atoms with van der Waals surface area (Å²) in [4.78, 5) is 40.4. The summed E-state index contributed by atoms with van der Waals surface area (Å²) in [6.45, 7) is -0.633. The van der Waals surface area contributed by atoms with E-state index in [9.17, 15) is 14.4 Å². The van der Waals surface area contributed by atoms with E-state index in [0.717, 1.165) is 9.13 Å². The highest BCUT2D eigenvalue weighted by atomic mass is 35.5. The van der Waals surface area contributed by atoms with E-state index in [1.807, 2.05) is 0 Å². The lowest BCUT2D eigenvalue weighted by atomic mass is 10.1. The molecular formula is C25H21Cl2FN4O4. The number of halogens is 3. The van der Waals surface area contributed by atoms with Gasteiger partial charge in [0.1, 0.15) is 0 Å². The van der Waals surface area contributed by atoms with E-state index < -0.39 is 28.9 Å². The van der Waals surface area contributed by atoms with Crippen molar-refractivity contribution < 1.29 is 9.13 Å². The molecular weight excluding hydrogens is 510 g/mol. The zero-order valence-electron chi connectivity index (χ0n) is 19.0. The van der Waals surface area contributed by atoms with Gasteiger partial charge in [0.25, 0.3) is 0 Å². The van der Waals surface area contributed by atoms with Crippen molar-refractivity contribution in [2.24, 2.45) is 5.73 Å². The summed E-state index contributed by atoms with van der Waals surface area (Å²) in [5, 5.41) is 0.429. The predicted molar refractivity (Wildman–Crippen MR) is 136 cm³/mol. The van der Waals surface area contributed by atoms with Crippen LogP contribution in [0.1, 0.15) is 17.2 Å². The molecule has 3 aromatic carbocycles. The Morgan fingerprint density at radius 2 is 1.47 bits per heavy atom. The first-order valence-corrected chi connectivity index (χ1v) is 11.5. The van der Waals surface area contributed by atoms with Gasteiger partial charge in [-0.15, -0.1) is 0 Å². The van der Waals surface area contributed by atoms with Gasteiger partial charge >= 0.3 is 17.1 Å². The molecule has 0 bridgehead atoms. The van der Waals surface area contributed by atoms with Crippen molar-refractivity contribution in [1.29, 1.82) is 0 Å². The second-order valence-electron chi connectivity index (χ2n) is 7.89. The molecule has 36 heavy (non-hydrogen) atoms. The van der Waals surface area contributed by atoms with Gasteiger partial charge in [-0.3, -0.25) is 0 Å². The fraction of sp³-hybridized carbons (Fsp3) is 0.160. The molecule has 0 spiro atoms. The summed E-state index contributed by atoms with van der Waals surface area (Å²) in [5.41, 5.74) is 3.79. The molecule has 0 unspecified atom stereocenters. The highest BCUT2D eigenvalue weighted by molar-refractivity contribution is 6.35. The van der Waals surface area contributed by atoms with Crippen molar-refractivity contribution in [3.05, 3.63) is 125 Å². The van der Waals surface area contributed by atoms with Gasteiger partial charge in [-0.2, -0.15) is 0 Å². The average Bonchev–Trinajstić information content (AvgIpc) is 2.87. The smallest absolute Gasteiger partial charge is 0.341 e. The van der Waals surface area contributed by atoms with Crippen LogP contribution < -0.4 is 27.5 Å². The molecule has 1 aromatic heterocycles. The Bertz CT molecular complexity index is 1580. The van der Waals surface area contributed by atoms with Crippen LogP contribution in [0.5, 0.6) is 5.75 Å². The molecule has 1 heterocycles. The Kier molecular flexibility index (Phi) is 7.44. The number of ether oxygens (including phenoxy) is 1. The number of nitrogens with two attached hydrogens (primary N) is 1. The van der Waals surface area contributed by atoms with Crippen LogP contribution >= 0.6 is 23.2 Å². The monoisotopic (exact) mass is 530 g/mol. The second kappa shape index (κ2) is 10.5. The maximum atomic E-state index is 15.2. The number of aromatic nitrogens is 3. The fourth-order valence-corrected chi connectivity index (χ4v) is 4.32. The zero-order valence-corrected chi connectivity index (χ0v) is 20.5. The summed E-state index contributed by atoms with van der Waals surface area (Å²) >= 11 is 12.5. The zero-order chi connectivity index (χ0) is 26.0. The lowest BCUT2D eigenvalue weighted by molar-refractivity contribution is 0.384. The van der Waals surface area contributed by atoms with Crippen LogP contribution in [-0.4, -0.2) is 20.8 Å². The number of methoxy groups -OCH3 is 1.